The largest absolute Gasteiger partial charge is 0.322 e. The molecule has 4 fully saturated rings. The fourth-order valence-electron chi connectivity index (χ4n) is 5.08. The van der Waals surface area contributed by atoms with Crippen molar-refractivity contribution in [1.29, 1.82) is 0 Å². The summed E-state index contributed by atoms with van der Waals surface area (Å²) >= 11 is 0. The number of hydrogen-bond donors (Lipinski definition) is 3. The molecule has 7 nitrogen and oxygen atoms in total. The van der Waals surface area contributed by atoms with Crippen molar-refractivity contribution in [2.24, 2.45) is 11.8 Å². The lowest BCUT2D eigenvalue weighted by Crippen LogP contribution is -2.52. The molecule has 1 aliphatic carbocycles. The van der Waals surface area contributed by atoms with Crippen molar-refractivity contribution in [1.82, 2.24) is 20.9 Å². The number of hydrogen-bond acceptors (Lipinski definition) is 5. The van der Waals surface area contributed by atoms with Crippen molar-refractivity contribution in [2.75, 3.05) is 13.1 Å². The molecule has 0 spiro atoms. The first-order chi connectivity index (χ1) is 13.1. The molecule has 0 radical (unpaired) electrons. The summed E-state index contributed by atoms with van der Waals surface area (Å²) in [5, 5.41) is 9.45. The van der Waals surface area contributed by atoms with Gasteiger partial charge in [0.05, 0.1) is 0 Å². The van der Waals surface area contributed by atoms with E-state index in [1.165, 1.54) is 6.42 Å². The minimum atomic E-state index is -0.555. The van der Waals surface area contributed by atoms with Gasteiger partial charge >= 0.3 is 0 Å². The highest BCUT2D eigenvalue weighted by Gasteiger charge is 2.46. The van der Waals surface area contributed by atoms with Crippen LogP contribution in [0.15, 0.2) is 18.2 Å². The fraction of sp³-hybridized carbons (Fsp3) is 0.550. The molecule has 3 saturated heterocycles. The average Bonchev–Trinajstić information content (AvgIpc) is 3.35. The third-order valence-electron chi connectivity index (χ3n) is 6.70. The van der Waals surface area contributed by atoms with Gasteiger partial charge in [-0.15, -0.1) is 0 Å². The minimum absolute atomic E-state index is 0.109. The molecule has 3 amide bonds. The van der Waals surface area contributed by atoms with Crippen LogP contribution in [0.3, 0.4) is 0 Å². The van der Waals surface area contributed by atoms with Gasteiger partial charge in [0, 0.05) is 37.7 Å². The van der Waals surface area contributed by atoms with E-state index >= 15 is 0 Å². The van der Waals surface area contributed by atoms with Gasteiger partial charge in [0.2, 0.25) is 11.8 Å². The number of amides is 3. The number of fused-ring (bicyclic) bond motifs is 2. The van der Waals surface area contributed by atoms with Crippen LogP contribution in [0.2, 0.25) is 0 Å². The van der Waals surface area contributed by atoms with Gasteiger partial charge < -0.3 is 15.5 Å². The topological polar surface area (TPSA) is 90.5 Å². The van der Waals surface area contributed by atoms with Crippen LogP contribution in [-0.4, -0.2) is 47.8 Å². The van der Waals surface area contributed by atoms with Gasteiger partial charge in [-0.05, 0) is 48.4 Å². The van der Waals surface area contributed by atoms with Crippen LogP contribution in [0.1, 0.15) is 40.7 Å². The van der Waals surface area contributed by atoms with Crippen LogP contribution in [0.5, 0.6) is 0 Å². The van der Waals surface area contributed by atoms with Crippen molar-refractivity contribution < 1.29 is 14.4 Å². The van der Waals surface area contributed by atoms with Crippen LogP contribution in [0.4, 0.5) is 0 Å². The molecule has 1 aromatic carbocycles. The molecule has 4 aliphatic heterocycles. The predicted molar refractivity (Wildman–Crippen MR) is 97.6 cm³/mol. The lowest BCUT2D eigenvalue weighted by Gasteiger charge is -2.34. The Morgan fingerprint density at radius 2 is 2.11 bits per heavy atom. The van der Waals surface area contributed by atoms with Gasteiger partial charge in [-0.1, -0.05) is 12.1 Å². The Morgan fingerprint density at radius 1 is 1.22 bits per heavy atom. The number of piperidine rings is 1. The predicted octanol–water partition coefficient (Wildman–Crippen LogP) is 0.145. The maximum Gasteiger partial charge on any atom is 0.255 e. The maximum atomic E-state index is 12.8. The van der Waals surface area contributed by atoms with E-state index in [2.05, 4.69) is 22.0 Å². The summed E-state index contributed by atoms with van der Waals surface area (Å²) in [6.07, 6.45) is 1.99. The van der Waals surface area contributed by atoms with Gasteiger partial charge in [-0.2, -0.15) is 0 Å². The molecular formula is C20H24N4O3. The van der Waals surface area contributed by atoms with Crippen LogP contribution in [0, 0.1) is 11.8 Å². The van der Waals surface area contributed by atoms with E-state index in [9.17, 15) is 14.4 Å². The Hall–Kier alpha value is -2.25. The highest BCUT2D eigenvalue weighted by molar-refractivity contribution is 6.05. The summed E-state index contributed by atoms with van der Waals surface area (Å²) in [6, 6.07) is 5.92. The Labute approximate surface area is 157 Å². The Kier molecular flexibility index (Phi) is 4.02. The third-order valence-corrected chi connectivity index (χ3v) is 6.70. The molecule has 3 N–H and O–H groups in total. The highest BCUT2D eigenvalue weighted by atomic mass is 16.2. The first kappa shape index (κ1) is 16.9. The Bertz CT molecular complexity index is 809. The molecule has 4 heterocycles. The fourth-order valence-corrected chi connectivity index (χ4v) is 5.08. The molecule has 1 saturated carbocycles. The monoisotopic (exact) mass is 368 g/mol. The quantitative estimate of drug-likeness (QED) is 0.644. The third kappa shape index (κ3) is 2.76. The van der Waals surface area contributed by atoms with Gasteiger partial charge in [0.25, 0.3) is 5.91 Å². The number of rotatable bonds is 5. The van der Waals surface area contributed by atoms with Crippen LogP contribution >= 0.6 is 0 Å². The molecule has 4 atom stereocenters. The van der Waals surface area contributed by atoms with E-state index in [-0.39, 0.29) is 24.1 Å². The normalized spacial score (nSPS) is 31.7. The van der Waals surface area contributed by atoms with Gasteiger partial charge in [-0.3, -0.25) is 19.7 Å². The van der Waals surface area contributed by atoms with Crippen molar-refractivity contribution in [3.63, 3.8) is 0 Å². The zero-order chi connectivity index (χ0) is 18.5. The molecule has 27 heavy (non-hydrogen) atoms. The van der Waals surface area contributed by atoms with E-state index in [4.69, 9.17) is 0 Å². The zero-order valence-electron chi connectivity index (χ0n) is 15.2. The molecule has 1 unspecified atom stereocenters. The van der Waals surface area contributed by atoms with Crippen molar-refractivity contribution in [3.05, 3.63) is 34.9 Å². The van der Waals surface area contributed by atoms with Crippen molar-refractivity contribution in [3.8, 4) is 0 Å². The second-order valence-electron chi connectivity index (χ2n) is 8.15. The second-order valence-corrected chi connectivity index (χ2v) is 8.15. The SMILES string of the molecule is O=C1CCC(N2Cc3c(CNC[C@@H]4[C@@H]5CN[C@H]4C5)cccc3C2=O)C(=O)N1. The summed E-state index contributed by atoms with van der Waals surface area (Å²) in [5.74, 6) is 0.810. The average molecular weight is 368 g/mol. The van der Waals surface area contributed by atoms with E-state index in [1.807, 2.05) is 12.1 Å². The second kappa shape index (κ2) is 6.42. The summed E-state index contributed by atoms with van der Waals surface area (Å²) in [5.41, 5.74) is 2.81. The van der Waals surface area contributed by atoms with Crippen LogP contribution < -0.4 is 16.0 Å². The van der Waals surface area contributed by atoms with Crippen LogP contribution in [0.25, 0.3) is 0 Å². The van der Waals surface area contributed by atoms with E-state index in [0.29, 0.717) is 24.6 Å². The number of imide groups is 1. The molecule has 0 aromatic heterocycles. The van der Waals surface area contributed by atoms with Gasteiger partial charge in [0.1, 0.15) is 6.04 Å². The summed E-state index contributed by atoms with van der Waals surface area (Å²) < 4.78 is 0. The maximum absolute atomic E-state index is 12.8. The molecule has 1 aromatic rings. The lowest BCUT2D eigenvalue weighted by molar-refractivity contribution is -0.136. The summed E-state index contributed by atoms with van der Waals surface area (Å²) in [6.45, 7) is 3.31. The number of carbonyl (C=O) groups excluding carboxylic acids is 3. The lowest BCUT2D eigenvalue weighted by atomic mass is 9.74. The Balaban J connectivity index is 1.27. The number of carbonyl (C=O) groups is 3. The van der Waals surface area contributed by atoms with Crippen molar-refractivity contribution >= 4 is 17.7 Å². The number of benzene rings is 1. The van der Waals surface area contributed by atoms with Gasteiger partial charge in [0.15, 0.2) is 0 Å². The highest BCUT2D eigenvalue weighted by Crippen LogP contribution is 2.39. The zero-order valence-corrected chi connectivity index (χ0v) is 15.2. The molecule has 6 rings (SSSR count). The number of nitrogens with one attached hydrogen (secondary N) is 3. The standard InChI is InChI=1S/C20H24N4O3/c25-18-5-4-17(19(26)23-18)24-10-15-11(2-1-3-13(15)20(24)27)7-21-9-14-12-6-16(14)22-8-12/h1-3,12,14,16-17,21-22H,4-10H2,(H,23,25,26)/t12-,14+,16-,17?/m0/s1. The van der Waals surface area contributed by atoms with E-state index < -0.39 is 6.04 Å². The van der Waals surface area contributed by atoms with Crippen molar-refractivity contribution in [2.45, 2.75) is 44.4 Å². The van der Waals surface area contributed by atoms with E-state index in [0.717, 1.165) is 42.6 Å². The van der Waals surface area contributed by atoms with Gasteiger partial charge in [-0.25, -0.2) is 0 Å². The number of nitrogens with zero attached hydrogens (tertiary/aromatic N) is 1. The molecule has 5 aliphatic rings. The minimum Gasteiger partial charge on any atom is -0.322 e. The smallest absolute Gasteiger partial charge is 0.255 e. The first-order valence-electron chi connectivity index (χ1n) is 9.81. The molecular weight excluding hydrogens is 344 g/mol. The molecule has 142 valence electrons. The van der Waals surface area contributed by atoms with Crippen LogP contribution in [-0.2, 0) is 22.7 Å². The molecule has 2 bridgehead atoms. The first-order valence-corrected chi connectivity index (χ1v) is 9.81. The molecule has 7 heteroatoms. The summed E-state index contributed by atoms with van der Waals surface area (Å²) in [7, 11) is 0. The summed E-state index contributed by atoms with van der Waals surface area (Å²) in [4.78, 5) is 38.0. The van der Waals surface area contributed by atoms with E-state index in [1.54, 1.807) is 4.90 Å². The Morgan fingerprint density at radius 3 is 2.85 bits per heavy atom.